The highest BCUT2D eigenvalue weighted by Gasteiger charge is 2.50. The zero-order valence-corrected chi connectivity index (χ0v) is 14.9. The Bertz CT molecular complexity index is 870. The fourth-order valence-corrected chi connectivity index (χ4v) is 5.65. The Hall–Kier alpha value is -1.78. The molecular weight excluding hydrogens is 312 g/mol. The second-order valence-corrected chi connectivity index (χ2v) is 8.03. The molecule has 0 fully saturated rings. The Morgan fingerprint density at radius 1 is 0.640 bits per heavy atom. The van der Waals surface area contributed by atoms with Crippen molar-refractivity contribution < 1.29 is 9.47 Å². The maximum atomic E-state index is 5.75. The van der Waals surface area contributed by atoms with Crippen LogP contribution in [0.1, 0.15) is 69.0 Å². The van der Waals surface area contributed by atoms with E-state index in [1.54, 1.807) is 0 Å². The first kappa shape index (κ1) is 14.4. The minimum absolute atomic E-state index is 0.0232. The molecule has 6 rings (SSSR count). The minimum atomic E-state index is 0.0232. The van der Waals surface area contributed by atoms with Crippen LogP contribution in [0.5, 0.6) is 0 Å². The minimum Gasteiger partial charge on any atom is -0.372 e. The molecule has 4 heteroatoms. The number of ether oxygens (including phenoxy) is 2. The number of rotatable bonds is 0. The highest BCUT2D eigenvalue weighted by Crippen LogP contribution is 2.53. The van der Waals surface area contributed by atoms with E-state index in [2.05, 4.69) is 13.8 Å². The number of pyridine rings is 2. The molecule has 0 atom stereocenters. The summed E-state index contributed by atoms with van der Waals surface area (Å²) in [5.74, 6) is 0. The lowest BCUT2D eigenvalue weighted by Crippen LogP contribution is -2.25. The van der Waals surface area contributed by atoms with E-state index < -0.39 is 0 Å². The molecule has 2 aliphatic heterocycles. The molecule has 1 spiro atoms. The molecule has 0 saturated heterocycles. The van der Waals surface area contributed by atoms with E-state index >= 15 is 0 Å². The molecule has 25 heavy (non-hydrogen) atoms. The number of hydrogen-bond donors (Lipinski definition) is 0. The summed E-state index contributed by atoms with van der Waals surface area (Å²) >= 11 is 0. The zero-order valence-electron chi connectivity index (χ0n) is 14.9. The van der Waals surface area contributed by atoms with Crippen LogP contribution >= 0.6 is 0 Å². The smallest absolute Gasteiger partial charge is 0.0742 e. The molecule has 0 aromatic carbocycles. The van der Waals surface area contributed by atoms with Crippen molar-refractivity contribution in [3.05, 3.63) is 56.2 Å². The first-order valence-electron chi connectivity index (χ1n) is 9.38. The third-order valence-corrected chi connectivity index (χ3v) is 6.96. The van der Waals surface area contributed by atoms with Crippen molar-refractivity contribution in [2.24, 2.45) is 0 Å². The Kier molecular flexibility index (Phi) is 2.70. The second kappa shape index (κ2) is 4.68. The van der Waals surface area contributed by atoms with Crippen LogP contribution < -0.4 is 0 Å². The van der Waals surface area contributed by atoms with Gasteiger partial charge in [-0.3, -0.25) is 9.97 Å². The maximum absolute atomic E-state index is 5.75. The third kappa shape index (κ3) is 1.65. The van der Waals surface area contributed by atoms with E-state index in [0.29, 0.717) is 0 Å². The lowest BCUT2D eigenvalue weighted by atomic mass is 9.81. The summed E-state index contributed by atoms with van der Waals surface area (Å²) in [5.41, 5.74) is 13.4. The van der Waals surface area contributed by atoms with Crippen LogP contribution in [0, 0.1) is 13.8 Å². The number of fused-ring (bicyclic) bond motifs is 8. The van der Waals surface area contributed by atoms with Gasteiger partial charge in [0.2, 0.25) is 0 Å². The summed E-state index contributed by atoms with van der Waals surface area (Å²) in [7, 11) is 0. The zero-order chi connectivity index (χ0) is 16.8. The van der Waals surface area contributed by atoms with Crippen molar-refractivity contribution in [1.82, 2.24) is 9.97 Å². The van der Waals surface area contributed by atoms with Crippen LogP contribution in [0.25, 0.3) is 0 Å². The molecule has 0 unspecified atom stereocenters. The van der Waals surface area contributed by atoms with Crippen LogP contribution in [-0.4, -0.2) is 9.97 Å². The van der Waals surface area contributed by atoms with Crippen LogP contribution in [-0.2, 0) is 54.2 Å². The van der Waals surface area contributed by atoms with Crippen molar-refractivity contribution in [3.8, 4) is 0 Å². The van der Waals surface area contributed by atoms with Gasteiger partial charge in [-0.2, -0.15) is 0 Å². The third-order valence-electron chi connectivity index (χ3n) is 6.96. The van der Waals surface area contributed by atoms with Gasteiger partial charge in [0.25, 0.3) is 0 Å². The van der Waals surface area contributed by atoms with Crippen molar-refractivity contribution in [1.29, 1.82) is 0 Å². The van der Waals surface area contributed by atoms with Gasteiger partial charge in [-0.05, 0) is 61.8 Å². The van der Waals surface area contributed by atoms with Gasteiger partial charge in [0, 0.05) is 22.5 Å². The molecule has 2 aromatic rings. The normalized spacial score (nSPS) is 21.5. The Balaban J connectivity index is 1.61. The molecule has 4 nitrogen and oxygen atoms in total. The predicted molar refractivity (Wildman–Crippen MR) is 92.4 cm³/mol. The molecular formula is C21H22N2O2. The van der Waals surface area contributed by atoms with E-state index in [0.717, 1.165) is 63.5 Å². The first-order valence-corrected chi connectivity index (χ1v) is 9.38. The van der Waals surface area contributed by atoms with Crippen molar-refractivity contribution in [2.75, 3.05) is 0 Å². The first-order chi connectivity index (χ1) is 12.2. The van der Waals surface area contributed by atoms with Gasteiger partial charge in [-0.15, -0.1) is 0 Å². The van der Waals surface area contributed by atoms with E-state index in [1.807, 2.05) is 0 Å². The molecule has 4 aliphatic rings. The summed E-state index contributed by atoms with van der Waals surface area (Å²) in [5, 5.41) is 0. The Morgan fingerprint density at radius 3 is 1.56 bits per heavy atom. The number of aromatic nitrogens is 2. The monoisotopic (exact) mass is 334 g/mol. The lowest BCUT2D eigenvalue weighted by molar-refractivity contribution is 0.134. The average molecular weight is 334 g/mol. The van der Waals surface area contributed by atoms with Crippen LogP contribution in [0.4, 0.5) is 0 Å². The summed E-state index contributed by atoms with van der Waals surface area (Å²) in [4.78, 5) is 10.3. The molecule has 0 bridgehead atoms. The highest BCUT2D eigenvalue weighted by atomic mass is 16.5. The van der Waals surface area contributed by atoms with E-state index in [9.17, 15) is 0 Å². The van der Waals surface area contributed by atoms with Gasteiger partial charge in [0.15, 0.2) is 0 Å². The largest absolute Gasteiger partial charge is 0.372 e. The van der Waals surface area contributed by atoms with Crippen LogP contribution in [0.15, 0.2) is 0 Å². The summed E-state index contributed by atoms with van der Waals surface area (Å²) < 4.78 is 11.5. The fraction of sp³-hybridized carbons (Fsp3) is 0.524. The predicted octanol–water partition coefficient (Wildman–Crippen LogP) is 3.33. The number of nitrogens with zero attached hydrogens (tertiary/aromatic N) is 2. The van der Waals surface area contributed by atoms with Gasteiger partial charge < -0.3 is 9.47 Å². The molecule has 0 N–H and O–H groups in total. The summed E-state index contributed by atoms with van der Waals surface area (Å²) in [6, 6.07) is 0. The van der Waals surface area contributed by atoms with Gasteiger partial charge in [-0.25, -0.2) is 0 Å². The summed E-state index contributed by atoms with van der Waals surface area (Å²) in [6.07, 6.45) is 4.51. The van der Waals surface area contributed by atoms with Gasteiger partial charge in [0.1, 0.15) is 0 Å². The number of hydrogen-bond acceptors (Lipinski definition) is 4. The standard InChI is InChI=1S/C21H22N2O2/c1-11-15-7-24-9-17(15)13-3-5-21(19(13)22-11)6-4-14-18-10-25-8-16(18)12(2)23-20(14)21/h3-10H2,1-2H3. The van der Waals surface area contributed by atoms with E-state index in [4.69, 9.17) is 19.4 Å². The van der Waals surface area contributed by atoms with Gasteiger partial charge in [0.05, 0.1) is 43.2 Å². The molecule has 128 valence electrons. The van der Waals surface area contributed by atoms with Gasteiger partial charge in [-0.1, -0.05) is 0 Å². The molecule has 2 aliphatic carbocycles. The maximum Gasteiger partial charge on any atom is 0.0742 e. The van der Waals surface area contributed by atoms with Crippen molar-refractivity contribution in [2.45, 2.75) is 71.4 Å². The fourth-order valence-electron chi connectivity index (χ4n) is 5.65. The Labute approximate surface area is 147 Å². The van der Waals surface area contributed by atoms with Crippen molar-refractivity contribution in [3.63, 3.8) is 0 Å². The van der Waals surface area contributed by atoms with Gasteiger partial charge >= 0.3 is 0 Å². The molecule has 0 saturated carbocycles. The van der Waals surface area contributed by atoms with Crippen LogP contribution in [0.2, 0.25) is 0 Å². The molecule has 4 heterocycles. The number of aryl methyl sites for hydroxylation is 2. The quantitative estimate of drug-likeness (QED) is 0.741. The molecule has 0 radical (unpaired) electrons. The van der Waals surface area contributed by atoms with Crippen molar-refractivity contribution >= 4 is 0 Å². The lowest BCUT2D eigenvalue weighted by Gasteiger charge is -2.26. The summed E-state index contributed by atoms with van der Waals surface area (Å²) in [6.45, 7) is 7.26. The van der Waals surface area contributed by atoms with Crippen LogP contribution in [0.3, 0.4) is 0 Å². The van der Waals surface area contributed by atoms with E-state index in [-0.39, 0.29) is 5.41 Å². The second-order valence-electron chi connectivity index (χ2n) is 8.03. The topological polar surface area (TPSA) is 44.2 Å². The SMILES string of the molecule is Cc1nc2c(c3c1COC3)CCC21CCc2c1nc(C)c1c2COC1. The highest BCUT2D eigenvalue weighted by molar-refractivity contribution is 5.56. The molecule has 0 amide bonds. The molecule has 2 aromatic heterocycles. The average Bonchev–Trinajstić information content (AvgIpc) is 3.36. The van der Waals surface area contributed by atoms with E-state index in [1.165, 1.54) is 44.8 Å². The Morgan fingerprint density at radius 2 is 1.08 bits per heavy atom.